The fourth-order valence-electron chi connectivity index (χ4n) is 1.70. The number of nitrogens with zero attached hydrogens (tertiary/aromatic N) is 1. The molecule has 0 radical (unpaired) electrons. The summed E-state index contributed by atoms with van der Waals surface area (Å²) in [7, 11) is 3.27. The first-order valence-electron chi connectivity index (χ1n) is 5.69. The third-order valence-electron chi connectivity index (χ3n) is 2.63. The molecule has 0 amide bonds. The molecule has 2 rings (SSSR count). The van der Waals surface area contributed by atoms with Crippen molar-refractivity contribution in [3.63, 3.8) is 0 Å². The summed E-state index contributed by atoms with van der Waals surface area (Å²) in [5.74, 6) is 2.44. The summed E-state index contributed by atoms with van der Waals surface area (Å²) in [5.41, 5.74) is 1.95. The smallest absolute Gasteiger partial charge is 0.145 e. The number of aromatic amines is 1. The highest BCUT2D eigenvalue weighted by molar-refractivity contribution is 5.59. The van der Waals surface area contributed by atoms with Gasteiger partial charge in [-0.25, -0.2) is 4.98 Å². The van der Waals surface area contributed by atoms with Crippen LogP contribution >= 0.6 is 0 Å². The number of methoxy groups -OCH3 is 2. The van der Waals surface area contributed by atoms with Gasteiger partial charge < -0.3 is 19.8 Å². The van der Waals surface area contributed by atoms with Gasteiger partial charge in [0.2, 0.25) is 0 Å². The summed E-state index contributed by atoms with van der Waals surface area (Å²) in [6, 6.07) is 5.67. The van der Waals surface area contributed by atoms with Crippen molar-refractivity contribution in [2.45, 2.75) is 13.5 Å². The van der Waals surface area contributed by atoms with Crippen molar-refractivity contribution < 1.29 is 9.47 Å². The van der Waals surface area contributed by atoms with Crippen LogP contribution in [0.4, 0.5) is 5.69 Å². The zero-order valence-corrected chi connectivity index (χ0v) is 10.8. The highest BCUT2D eigenvalue weighted by Crippen LogP contribution is 2.29. The van der Waals surface area contributed by atoms with E-state index in [0.717, 1.165) is 28.7 Å². The van der Waals surface area contributed by atoms with Gasteiger partial charge in [-0.15, -0.1) is 0 Å². The summed E-state index contributed by atoms with van der Waals surface area (Å²) < 4.78 is 10.5. The van der Waals surface area contributed by atoms with Crippen LogP contribution in [0.25, 0.3) is 0 Å². The molecule has 0 bridgehead atoms. The molecule has 0 aliphatic carbocycles. The molecule has 0 aliphatic heterocycles. The van der Waals surface area contributed by atoms with Crippen molar-refractivity contribution in [1.82, 2.24) is 9.97 Å². The lowest BCUT2D eigenvalue weighted by molar-refractivity contribution is 0.395. The Hall–Kier alpha value is -2.17. The Labute approximate surface area is 106 Å². The number of anilines is 1. The van der Waals surface area contributed by atoms with E-state index in [0.29, 0.717) is 6.54 Å². The van der Waals surface area contributed by atoms with Crippen molar-refractivity contribution in [2.75, 3.05) is 19.5 Å². The van der Waals surface area contributed by atoms with Gasteiger partial charge in [0.15, 0.2) is 0 Å². The van der Waals surface area contributed by atoms with Crippen LogP contribution in [0, 0.1) is 6.92 Å². The van der Waals surface area contributed by atoms with Crippen LogP contribution in [0.1, 0.15) is 11.5 Å². The maximum absolute atomic E-state index is 5.31. The van der Waals surface area contributed by atoms with Crippen LogP contribution in [0.2, 0.25) is 0 Å². The molecule has 5 heteroatoms. The van der Waals surface area contributed by atoms with Gasteiger partial charge in [0.05, 0.1) is 38.3 Å². The molecule has 18 heavy (non-hydrogen) atoms. The van der Waals surface area contributed by atoms with Gasteiger partial charge in [0.25, 0.3) is 0 Å². The summed E-state index contributed by atoms with van der Waals surface area (Å²) in [6.45, 7) is 2.60. The van der Waals surface area contributed by atoms with Gasteiger partial charge in [-0.1, -0.05) is 0 Å². The predicted octanol–water partition coefficient (Wildman–Crippen LogP) is 2.35. The molecule has 0 saturated carbocycles. The first kappa shape index (κ1) is 12.3. The van der Waals surface area contributed by atoms with Crippen LogP contribution in [-0.2, 0) is 6.54 Å². The molecule has 0 spiro atoms. The molecular formula is C13H17N3O2. The van der Waals surface area contributed by atoms with Crippen molar-refractivity contribution in [1.29, 1.82) is 0 Å². The van der Waals surface area contributed by atoms with Crippen molar-refractivity contribution >= 4 is 5.69 Å². The Morgan fingerprint density at radius 3 is 2.72 bits per heavy atom. The minimum Gasteiger partial charge on any atom is -0.497 e. The second kappa shape index (κ2) is 5.44. The largest absolute Gasteiger partial charge is 0.497 e. The quantitative estimate of drug-likeness (QED) is 0.851. The average Bonchev–Trinajstić information content (AvgIpc) is 2.82. The minimum atomic E-state index is 0.670. The van der Waals surface area contributed by atoms with Crippen molar-refractivity contribution in [3.8, 4) is 11.5 Å². The normalized spacial score (nSPS) is 10.2. The molecule has 5 nitrogen and oxygen atoms in total. The Morgan fingerprint density at radius 1 is 1.28 bits per heavy atom. The number of hydrogen-bond acceptors (Lipinski definition) is 4. The third-order valence-corrected chi connectivity index (χ3v) is 2.63. The van der Waals surface area contributed by atoms with E-state index in [4.69, 9.17) is 9.47 Å². The highest BCUT2D eigenvalue weighted by atomic mass is 16.5. The van der Waals surface area contributed by atoms with E-state index in [1.165, 1.54) is 0 Å². The summed E-state index contributed by atoms with van der Waals surface area (Å²) in [6.07, 6.45) is 1.82. The summed E-state index contributed by atoms with van der Waals surface area (Å²) >= 11 is 0. The van der Waals surface area contributed by atoms with Gasteiger partial charge in [-0.05, 0) is 19.1 Å². The molecule has 0 atom stereocenters. The zero-order chi connectivity index (χ0) is 13.0. The van der Waals surface area contributed by atoms with E-state index in [2.05, 4.69) is 15.3 Å². The van der Waals surface area contributed by atoms with E-state index < -0.39 is 0 Å². The molecule has 0 fully saturated rings. The fourth-order valence-corrected chi connectivity index (χ4v) is 1.70. The number of H-pyrrole nitrogens is 1. The first-order valence-corrected chi connectivity index (χ1v) is 5.69. The van der Waals surface area contributed by atoms with Gasteiger partial charge in [0, 0.05) is 6.07 Å². The number of benzene rings is 1. The monoisotopic (exact) mass is 247 g/mol. The Balaban J connectivity index is 2.08. The summed E-state index contributed by atoms with van der Waals surface area (Å²) in [4.78, 5) is 7.32. The highest BCUT2D eigenvalue weighted by Gasteiger charge is 2.05. The maximum Gasteiger partial charge on any atom is 0.145 e. The molecule has 0 unspecified atom stereocenters. The SMILES string of the molecule is COc1ccc(NCc2cnc(C)[nH]2)c(OC)c1. The molecule has 2 N–H and O–H groups in total. The number of imidazole rings is 1. The number of hydrogen-bond donors (Lipinski definition) is 2. The lowest BCUT2D eigenvalue weighted by Gasteiger charge is -2.11. The van der Waals surface area contributed by atoms with Crippen LogP contribution in [-0.4, -0.2) is 24.2 Å². The standard InChI is InChI=1S/C13H17N3O2/c1-9-14-7-10(16-9)8-15-12-5-4-11(17-2)6-13(12)18-3/h4-7,15H,8H2,1-3H3,(H,14,16). The van der Waals surface area contributed by atoms with E-state index in [9.17, 15) is 0 Å². The second-order valence-electron chi connectivity index (χ2n) is 3.91. The second-order valence-corrected chi connectivity index (χ2v) is 3.91. The molecule has 0 saturated heterocycles. The number of aryl methyl sites for hydroxylation is 1. The van der Waals surface area contributed by atoms with Crippen molar-refractivity contribution in [2.24, 2.45) is 0 Å². The van der Waals surface area contributed by atoms with E-state index in [1.807, 2.05) is 31.3 Å². The number of rotatable bonds is 5. The maximum atomic E-state index is 5.31. The molecule has 0 aliphatic rings. The Kier molecular flexibility index (Phi) is 3.72. The van der Waals surface area contributed by atoms with E-state index in [1.54, 1.807) is 14.2 Å². The molecule has 1 aromatic heterocycles. The fraction of sp³-hybridized carbons (Fsp3) is 0.308. The number of nitrogens with one attached hydrogen (secondary N) is 2. The van der Waals surface area contributed by atoms with Gasteiger partial charge in [0.1, 0.15) is 17.3 Å². The minimum absolute atomic E-state index is 0.670. The average molecular weight is 247 g/mol. The number of ether oxygens (including phenoxy) is 2. The first-order chi connectivity index (χ1) is 8.72. The third kappa shape index (κ3) is 2.74. The van der Waals surface area contributed by atoms with E-state index in [-0.39, 0.29) is 0 Å². The van der Waals surface area contributed by atoms with Gasteiger partial charge in [-0.3, -0.25) is 0 Å². The molecule has 1 heterocycles. The molecular weight excluding hydrogens is 230 g/mol. The zero-order valence-electron chi connectivity index (χ0n) is 10.8. The van der Waals surface area contributed by atoms with Crippen LogP contribution in [0.3, 0.4) is 0 Å². The predicted molar refractivity (Wildman–Crippen MR) is 70.2 cm³/mol. The van der Waals surface area contributed by atoms with Crippen LogP contribution in [0.15, 0.2) is 24.4 Å². The Morgan fingerprint density at radius 2 is 2.11 bits per heavy atom. The molecule has 2 aromatic rings. The lowest BCUT2D eigenvalue weighted by Crippen LogP contribution is -2.02. The van der Waals surface area contributed by atoms with Gasteiger partial charge >= 0.3 is 0 Å². The van der Waals surface area contributed by atoms with Crippen molar-refractivity contribution in [3.05, 3.63) is 35.9 Å². The van der Waals surface area contributed by atoms with Gasteiger partial charge in [-0.2, -0.15) is 0 Å². The van der Waals surface area contributed by atoms with Crippen LogP contribution in [0.5, 0.6) is 11.5 Å². The Bertz CT molecular complexity index is 523. The van der Waals surface area contributed by atoms with Crippen LogP contribution < -0.4 is 14.8 Å². The van der Waals surface area contributed by atoms with E-state index >= 15 is 0 Å². The number of aromatic nitrogens is 2. The topological polar surface area (TPSA) is 59.2 Å². The molecule has 1 aromatic carbocycles. The lowest BCUT2D eigenvalue weighted by atomic mass is 10.2. The summed E-state index contributed by atoms with van der Waals surface area (Å²) in [5, 5.41) is 3.29. The molecule has 96 valence electrons.